The lowest BCUT2D eigenvalue weighted by atomic mass is 10.1. The maximum Gasteiger partial charge on any atom is 0.309 e. The Balaban J connectivity index is 1.67. The van der Waals surface area contributed by atoms with Gasteiger partial charge >= 0.3 is 5.82 Å². The monoisotopic (exact) mass is 468 g/mol. The molecular weight excluding hydrogens is 453 g/mol. The number of hydrogen-bond acceptors (Lipinski definition) is 3. The number of rotatable bonds is 3. The van der Waals surface area contributed by atoms with Crippen LogP contribution in [0.2, 0.25) is 10.0 Å². The fourth-order valence-corrected chi connectivity index (χ4v) is 4.56. The van der Waals surface area contributed by atoms with E-state index in [-0.39, 0.29) is 0 Å². The van der Waals surface area contributed by atoms with E-state index >= 15 is 0 Å². The van der Waals surface area contributed by atoms with Crippen molar-refractivity contribution in [2.75, 3.05) is 0 Å². The number of H-pyrrole nitrogens is 1. The van der Waals surface area contributed by atoms with Crippen LogP contribution in [0.3, 0.4) is 0 Å². The summed E-state index contributed by atoms with van der Waals surface area (Å²) in [4.78, 5) is 13.2. The van der Waals surface area contributed by atoms with Crippen molar-refractivity contribution in [1.29, 1.82) is 0 Å². The van der Waals surface area contributed by atoms with Gasteiger partial charge in [-0.25, -0.2) is 4.98 Å². The van der Waals surface area contributed by atoms with Crippen LogP contribution in [0.25, 0.3) is 56.1 Å². The summed E-state index contributed by atoms with van der Waals surface area (Å²) in [5, 5.41) is 2.72. The lowest BCUT2D eigenvalue weighted by Gasteiger charge is -2.03. The zero-order valence-corrected chi connectivity index (χ0v) is 18.7. The zero-order valence-electron chi connectivity index (χ0n) is 17.2. The number of aromatic nitrogens is 3. The first kappa shape index (κ1) is 19.9. The van der Waals surface area contributed by atoms with Gasteiger partial charge in [0, 0.05) is 15.8 Å². The highest BCUT2D eigenvalue weighted by atomic mass is 35.5. The van der Waals surface area contributed by atoms with E-state index in [4.69, 9.17) is 37.6 Å². The van der Waals surface area contributed by atoms with Gasteiger partial charge < -0.3 is 4.42 Å². The molecule has 0 saturated heterocycles. The Morgan fingerprint density at radius 3 is 1.97 bits per heavy atom. The average Bonchev–Trinajstić information content (AvgIpc) is 3.24. The summed E-state index contributed by atoms with van der Waals surface area (Å²) in [7, 11) is 0. The lowest BCUT2D eigenvalue weighted by Crippen LogP contribution is -2.17. The molecule has 33 heavy (non-hydrogen) atoms. The molecule has 0 radical (unpaired) electrons. The first-order valence-electron chi connectivity index (χ1n) is 10.4. The van der Waals surface area contributed by atoms with Crippen LogP contribution in [0.5, 0.6) is 0 Å². The second-order valence-corrected chi connectivity index (χ2v) is 8.49. The Kier molecular flexibility index (Phi) is 4.83. The fourth-order valence-electron chi connectivity index (χ4n) is 4.03. The smallest absolute Gasteiger partial charge is 0.309 e. The van der Waals surface area contributed by atoms with Gasteiger partial charge in [-0.2, -0.15) is 0 Å². The Labute approximate surface area is 199 Å². The molecule has 6 aromatic rings. The second-order valence-electron chi connectivity index (χ2n) is 7.65. The SMILES string of the molecule is Clc1cc(Cl)c2oc3cccc(-c4nc(-c5ccccc5)[nH+]c(-c5ccccc5)n4)c3c2c1. The van der Waals surface area contributed by atoms with Crippen molar-refractivity contribution in [3.05, 3.63) is 101 Å². The third-order valence-electron chi connectivity index (χ3n) is 5.52. The van der Waals surface area contributed by atoms with E-state index in [1.54, 1.807) is 6.07 Å². The quantitative estimate of drug-likeness (QED) is 0.270. The Hall–Kier alpha value is -3.73. The molecule has 0 saturated carbocycles. The fraction of sp³-hybridized carbons (Fsp3) is 0. The molecule has 158 valence electrons. The molecule has 6 rings (SSSR count). The summed E-state index contributed by atoms with van der Waals surface area (Å²) in [5.41, 5.74) is 4.07. The number of hydrogen-bond donors (Lipinski definition) is 0. The predicted octanol–water partition coefficient (Wildman–Crippen LogP) is 7.50. The third kappa shape index (κ3) is 3.54. The first-order chi connectivity index (χ1) is 16.2. The van der Waals surface area contributed by atoms with Gasteiger partial charge in [-0.1, -0.05) is 75.6 Å². The van der Waals surface area contributed by atoms with Crippen molar-refractivity contribution in [3.63, 3.8) is 0 Å². The molecule has 6 heteroatoms. The van der Waals surface area contributed by atoms with Crippen LogP contribution in [-0.4, -0.2) is 9.97 Å². The summed E-state index contributed by atoms with van der Waals surface area (Å²) in [6.45, 7) is 0. The molecule has 2 heterocycles. The van der Waals surface area contributed by atoms with Crippen molar-refractivity contribution >= 4 is 45.1 Å². The number of halogens is 2. The molecule has 0 bridgehead atoms. The summed E-state index contributed by atoms with van der Waals surface area (Å²) in [5.74, 6) is 2.02. The van der Waals surface area contributed by atoms with Crippen molar-refractivity contribution in [2.45, 2.75) is 0 Å². The van der Waals surface area contributed by atoms with Crippen molar-refractivity contribution in [1.82, 2.24) is 9.97 Å². The molecule has 0 amide bonds. The second kappa shape index (κ2) is 8.00. The Morgan fingerprint density at radius 1 is 0.697 bits per heavy atom. The van der Waals surface area contributed by atoms with Crippen molar-refractivity contribution < 1.29 is 9.40 Å². The molecule has 0 spiro atoms. The van der Waals surface area contributed by atoms with Crippen molar-refractivity contribution in [2.24, 2.45) is 0 Å². The van der Waals surface area contributed by atoms with Crippen LogP contribution in [0.4, 0.5) is 0 Å². The van der Waals surface area contributed by atoms with Gasteiger partial charge in [-0.15, -0.1) is 0 Å². The summed E-state index contributed by atoms with van der Waals surface area (Å²) in [6, 6.07) is 29.4. The minimum atomic E-state index is 0.469. The van der Waals surface area contributed by atoms with E-state index in [1.165, 1.54) is 0 Å². The minimum Gasteiger partial charge on any atom is -0.454 e. The van der Waals surface area contributed by atoms with Gasteiger partial charge in [-0.05, 0) is 48.5 Å². The number of fused-ring (bicyclic) bond motifs is 3. The van der Waals surface area contributed by atoms with Crippen LogP contribution in [0.15, 0.2) is 95.4 Å². The van der Waals surface area contributed by atoms with Crippen LogP contribution < -0.4 is 4.98 Å². The molecule has 0 fully saturated rings. The molecule has 0 atom stereocenters. The number of nitrogens with zero attached hydrogens (tertiary/aromatic N) is 2. The topological polar surface area (TPSA) is 53.1 Å². The summed E-state index contributed by atoms with van der Waals surface area (Å²) < 4.78 is 6.08. The Morgan fingerprint density at radius 2 is 1.33 bits per heavy atom. The highest BCUT2D eigenvalue weighted by Gasteiger charge is 2.24. The average molecular weight is 469 g/mol. The van der Waals surface area contributed by atoms with Crippen LogP contribution >= 0.6 is 23.2 Å². The van der Waals surface area contributed by atoms with Crippen LogP contribution in [-0.2, 0) is 0 Å². The van der Waals surface area contributed by atoms with E-state index < -0.39 is 0 Å². The molecule has 2 aromatic heterocycles. The van der Waals surface area contributed by atoms with Gasteiger partial charge in [0.25, 0.3) is 11.6 Å². The minimum absolute atomic E-state index is 0.469. The first-order valence-corrected chi connectivity index (χ1v) is 11.2. The van der Waals surface area contributed by atoms with E-state index in [0.717, 1.165) is 39.1 Å². The van der Waals surface area contributed by atoms with Crippen molar-refractivity contribution in [3.8, 4) is 34.2 Å². The largest absolute Gasteiger partial charge is 0.454 e. The van der Waals surface area contributed by atoms with Crippen LogP contribution in [0, 0.1) is 0 Å². The molecule has 0 aliphatic carbocycles. The van der Waals surface area contributed by atoms with Gasteiger partial charge in [0.15, 0.2) is 5.58 Å². The molecule has 1 N–H and O–H groups in total. The van der Waals surface area contributed by atoms with Gasteiger partial charge in [-0.3, -0.25) is 0 Å². The summed E-state index contributed by atoms with van der Waals surface area (Å²) >= 11 is 12.8. The van der Waals surface area contributed by atoms with E-state index in [9.17, 15) is 0 Å². The van der Waals surface area contributed by atoms with E-state index in [2.05, 4.69) is 4.98 Å². The maximum atomic E-state index is 6.43. The van der Waals surface area contributed by atoms with E-state index in [1.807, 2.05) is 84.9 Å². The Bertz CT molecular complexity index is 1570. The van der Waals surface area contributed by atoms with Gasteiger partial charge in [0.2, 0.25) is 0 Å². The number of nitrogens with one attached hydrogen (secondary N) is 1. The van der Waals surface area contributed by atoms with Gasteiger partial charge in [0.1, 0.15) is 5.58 Å². The molecule has 0 unspecified atom stereocenters. The number of furan rings is 1. The number of benzene rings is 4. The zero-order chi connectivity index (χ0) is 22.4. The van der Waals surface area contributed by atoms with Gasteiger partial charge in [0.05, 0.1) is 21.7 Å². The summed E-state index contributed by atoms with van der Waals surface area (Å²) in [6.07, 6.45) is 0. The predicted molar refractivity (Wildman–Crippen MR) is 132 cm³/mol. The normalized spacial score (nSPS) is 11.3. The number of aromatic amines is 1. The lowest BCUT2D eigenvalue weighted by molar-refractivity contribution is -0.359. The van der Waals surface area contributed by atoms with Crippen LogP contribution in [0.1, 0.15) is 0 Å². The molecule has 0 aliphatic rings. The highest BCUT2D eigenvalue weighted by molar-refractivity contribution is 6.39. The highest BCUT2D eigenvalue weighted by Crippen LogP contribution is 2.40. The molecule has 4 aromatic carbocycles. The third-order valence-corrected chi connectivity index (χ3v) is 6.02. The molecular formula is C27H16Cl2N3O+. The maximum absolute atomic E-state index is 6.43. The molecule has 4 nitrogen and oxygen atoms in total. The molecule has 0 aliphatic heterocycles. The van der Waals surface area contributed by atoms with E-state index in [0.29, 0.717) is 27.0 Å². The standard InChI is InChI=1S/C27H15Cl2N3O/c28-18-14-20-23-19(12-7-13-22(23)33-24(20)21(29)15-18)27-31-25(16-8-3-1-4-9-16)30-26(32-27)17-10-5-2-6-11-17/h1-15H/p+1.